The molecule has 0 spiro atoms. The number of para-hydroxylation sites is 2. The first-order valence-electron chi connectivity index (χ1n) is 11.4. The maximum atomic E-state index is 4.96. The second kappa shape index (κ2) is 7.88. The highest BCUT2D eigenvalue weighted by atomic mass is 15.3. The fourth-order valence-corrected chi connectivity index (χ4v) is 4.47. The minimum absolute atomic E-state index is 0.253. The van der Waals surface area contributed by atoms with Crippen molar-refractivity contribution in [2.45, 2.75) is 39.4 Å². The van der Waals surface area contributed by atoms with E-state index in [0.29, 0.717) is 6.54 Å². The van der Waals surface area contributed by atoms with Gasteiger partial charge in [-0.05, 0) is 43.5 Å². The second-order valence-electron chi connectivity index (χ2n) is 8.78. The third-order valence-corrected chi connectivity index (χ3v) is 6.24. The van der Waals surface area contributed by atoms with Crippen LogP contribution >= 0.6 is 0 Å². The Kier molecular flexibility index (Phi) is 4.71. The Morgan fingerprint density at radius 2 is 1.82 bits per heavy atom. The minimum atomic E-state index is 0.253. The fourth-order valence-electron chi connectivity index (χ4n) is 4.47. The Bertz CT molecular complexity index is 1410. The number of benzene rings is 2. The standard InChI is InChI=1S/C25H26N8/c1-16(2)33-15-27-22-23(26-13-21-28-19-9-5-6-10-20(19)29-21)30-25(31-24(22)33)32-12-11-17-7-3-4-8-18(17)14-32/h3-10,15-16H,11-14H2,1-2H3,(H,28,29)(H,26,30,31). The lowest BCUT2D eigenvalue weighted by molar-refractivity contribution is 0.611. The molecule has 8 heteroatoms. The van der Waals surface area contributed by atoms with Crippen LogP contribution in [0.5, 0.6) is 0 Å². The van der Waals surface area contributed by atoms with Crippen molar-refractivity contribution in [2.75, 3.05) is 16.8 Å². The predicted molar refractivity (Wildman–Crippen MR) is 130 cm³/mol. The van der Waals surface area contributed by atoms with Gasteiger partial charge in [-0.3, -0.25) is 0 Å². The van der Waals surface area contributed by atoms with Gasteiger partial charge in [0.15, 0.2) is 17.0 Å². The highest BCUT2D eigenvalue weighted by molar-refractivity contribution is 5.84. The number of fused-ring (bicyclic) bond motifs is 3. The molecule has 166 valence electrons. The molecule has 5 aromatic rings. The molecule has 0 aliphatic carbocycles. The number of H-pyrrole nitrogens is 1. The van der Waals surface area contributed by atoms with E-state index in [1.165, 1.54) is 11.1 Å². The Hall–Kier alpha value is -3.94. The lowest BCUT2D eigenvalue weighted by Gasteiger charge is -2.29. The van der Waals surface area contributed by atoms with Crippen molar-refractivity contribution in [1.29, 1.82) is 0 Å². The number of nitrogens with zero attached hydrogens (tertiary/aromatic N) is 6. The molecule has 0 bridgehead atoms. The Morgan fingerprint density at radius 3 is 2.67 bits per heavy atom. The molecule has 4 heterocycles. The molecule has 2 aromatic carbocycles. The summed E-state index contributed by atoms with van der Waals surface area (Å²) in [7, 11) is 0. The van der Waals surface area contributed by atoms with Gasteiger partial charge in [-0.15, -0.1) is 0 Å². The van der Waals surface area contributed by atoms with E-state index < -0.39 is 0 Å². The van der Waals surface area contributed by atoms with Crippen molar-refractivity contribution in [3.63, 3.8) is 0 Å². The van der Waals surface area contributed by atoms with E-state index in [1.807, 2.05) is 30.6 Å². The van der Waals surface area contributed by atoms with Crippen molar-refractivity contribution in [3.05, 3.63) is 71.8 Å². The van der Waals surface area contributed by atoms with Crippen molar-refractivity contribution in [3.8, 4) is 0 Å². The largest absolute Gasteiger partial charge is 0.361 e. The van der Waals surface area contributed by atoms with Gasteiger partial charge in [0.05, 0.1) is 23.9 Å². The van der Waals surface area contributed by atoms with Crippen molar-refractivity contribution < 1.29 is 0 Å². The summed E-state index contributed by atoms with van der Waals surface area (Å²) in [5.74, 6) is 2.32. The molecule has 1 aliphatic heterocycles. The molecule has 0 saturated carbocycles. The van der Waals surface area contributed by atoms with Gasteiger partial charge >= 0.3 is 0 Å². The van der Waals surface area contributed by atoms with Gasteiger partial charge in [-0.1, -0.05) is 36.4 Å². The summed E-state index contributed by atoms with van der Waals surface area (Å²) in [6.45, 7) is 6.50. The summed E-state index contributed by atoms with van der Waals surface area (Å²) in [4.78, 5) is 24.8. The van der Waals surface area contributed by atoms with Crippen LogP contribution in [-0.2, 0) is 19.5 Å². The first-order chi connectivity index (χ1) is 16.2. The normalized spacial score (nSPS) is 13.7. The van der Waals surface area contributed by atoms with Crippen LogP contribution in [0.2, 0.25) is 0 Å². The van der Waals surface area contributed by atoms with Crippen molar-refractivity contribution >= 4 is 34.0 Å². The Balaban J connectivity index is 1.36. The maximum absolute atomic E-state index is 4.96. The van der Waals surface area contributed by atoms with E-state index in [-0.39, 0.29) is 6.04 Å². The van der Waals surface area contributed by atoms with Gasteiger partial charge in [0.25, 0.3) is 0 Å². The molecular formula is C25H26N8. The zero-order valence-electron chi connectivity index (χ0n) is 18.8. The highest BCUT2D eigenvalue weighted by Gasteiger charge is 2.22. The van der Waals surface area contributed by atoms with Gasteiger partial charge in [0.2, 0.25) is 5.95 Å². The van der Waals surface area contributed by atoms with E-state index in [9.17, 15) is 0 Å². The molecule has 8 nitrogen and oxygen atoms in total. The molecule has 33 heavy (non-hydrogen) atoms. The molecule has 0 unspecified atom stereocenters. The summed E-state index contributed by atoms with van der Waals surface area (Å²) >= 11 is 0. The summed E-state index contributed by atoms with van der Waals surface area (Å²) in [6.07, 6.45) is 2.84. The Morgan fingerprint density at radius 1 is 1.00 bits per heavy atom. The monoisotopic (exact) mass is 438 g/mol. The average molecular weight is 439 g/mol. The molecule has 2 N–H and O–H groups in total. The van der Waals surface area contributed by atoms with Gasteiger partial charge in [0, 0.05) is 19.1 Å². The number of imidazole rings is 2. The first kappa shape index (κ1) is 19.7. The fraction of sp³-hybridized carbons (Fsp3) is 0.280. The maximum Gasteiger partial charge on any atom is 0.229 e. The Labute approximate surface area is 191 Å². The topological polar surface area (TPSA) is 87.5 Å². The molecule has 0 amide bonds. The van der Waals surface area contributed by atoms with Crippen molar-refractivity contribution in [2.24, 2.45) is 0 Å². The zero-order chi connectivity index (χ0) is 22.4. The smallest absolute Gasteiger partial charge is 0.229 e. The molecule has 3 aromatic heterocycles. The van der Waals surface area contributed by atoms with Crippen LogP contribution in [-0.4, -0.2) is 36.0 Å². The number of nitrogens with one attached hydrogen (secondary N) is 2. The lowest BCUT2D eigenvalue weighted by atomic mass is 10.0. The molecule has 0 saturated heterocycles. The van der Waals surface area contributed by atoms with Crippen LogP contribution < -0.4 is 10.2 Å². The second-order valence-corrected chi connectivity index (χ2v) is 8.78. The van der Waals surface area contributed by atoms with Crippen LogP contribution in [0.15, 0.2) is 54.9 Å². The number of aromatic amines is 1. The number of hydrogen-bond donors (Lipinski definition) is 2. The van der Waals surface area contributed by atoms with Gasteiger partial charge < -0.3 is 19.8 Å². The minimum Gasteiger partial charge on any atom is -0.361 e. The third-order valence-electron chi connectivity index (χ3n) is 6.24. The molecule has 0 radical (unpaired) electrons. The highest BCUT2D eigenvalue weighted by Crippen LogP contribution is 2.28. The van der Waals surface area contributed by atoms with Crippen LogP contribution in [0.4, 0.5) is 11.8 Å². The first-order valence-corrected chi connectivity index (χ1v) is 11.4. The van der Waals surface area contributed by atoms with E-state index in [1.54, 1.807) is 0 Å². The molecular weight excluding hydrogens is 412 g/mol. The average Bonchev–Trinajstić information content (AvgIpc) is 3.46. The quantitative estimate of drug-likeness (QED) is 0.421. The van der Waals surface area contributed by atoms with Gasteiger partial charge in [0.1, 0.15) is 5.82 Å². The SMILES string of the molecule is CC(C)n1cnc2c(NCc3nc4ccccc4[nH]3)nc(N3CCc4ccccc4C3)nc21. The summed E-state index contributed by atoms with van der Waals surface area (Å²) in [6, 6.07) is 16.9. The summed E-state index contributed by atoms with van der Waals surface area (Å²) in [5, 5.41) is 3.47. The number of aromatic nitrogens is 6. The van der Waals surface area contributed by atoms with Crippen LogP contribution in [0.25, 0.3) is 22.2 Å². The van der Waals surface area contributed by atoms with Gasteiger partial charge in [-0.25, -0.2) is 9.97 Å². The summed E-state index contributed by atoms with van der Waals surface area (Å²) in [5.41, 5.74) is 6.35. The lowest BCUT2D eigenvalue weighted by Crippen LogP contribution is -2.32. The van der Waals surface area contributed by atoms with E-state index in [2.05, 4.69) is 67.8 Å². The van der Waals surface area contributed by atoms with Gasteiger partial charge in [-0.2, -0.15) is 9.97 Å². The molecule has 0 atom stereocenters. The van der Waals surface area contributed by atoms with E-state index >= 15 is 0 Å². The number of hydrogen-bond acceptors (Lipinski definition) is 6. The van der Waals surface area contributed by atoms with Crippen LogP contribution in [0.3, 0.4) is 0 Å². The zero-order valence-corrected chi connectivity index (χ0v) is 18.8. The van der Waals surface area contributed by atoms with E-state index in [4.69, 9.17) is 9.97 Å². The third kappa shape index (κ3) is 3.57. The number of anilines is 2. The molecule has 0 fully saturated rings. The van der Waals surface area contributed by atoms with E-state index in [0.717, 1.165) is 59.3 Å². The van der Waals surface area contributed by atoms with Crippen LogP contribution in [0.1, 0.15) is 36.8 Å². The predicted octanol–water partition coefficient (Wildman–Crippen LogP) is 4.46. The van der Waals surface area contributed by atoms with Crippen LogP contribution in [0, 0.1) is 0 Å². The number of rotatable bonds is 5. The molecule has 6 rings (SSSR count). The summed E-state index contributed by atoms with van der Waals surface area (Å²) < 4.78 is 2.10. The molecule has 1 aliphatic rings. The van der Waals surface area contributed by atoms with Crippen molar-refractivity contribution in [1.82, 2.24) is 29.5 Å².